The number of amides is 1. The summed E-state index contributed by atoms with van der Waals surface area (Å²) in [6.07, 6.45) is 47.4. The molecule has 0 aromatic rings. The Morgan fingerprint density at radius 2 is 0.904 bits per heavy atom. The Labute approximate surface area is 322 Å². The van der Waals surface area contributed by atoms with Crippen LogP contribution in [0.1, 0.15) is 232 Å². The standard InChI is InChI=1S/C46H87NO5/c1-3-5-7-9-11-13-14-15-16-17-18-19-24-28-32-36-40-46(51)52-41-37-33-29-25-21-20-23-27-31-35-39-45(50)47-43(42-48)44(49)38-34-30-26-22-12-10-8-6-4-2/h16-17,34,38,43-44,48-49H,3-15,18-33,35-37,39-42H2,1-2H3,(H,47,50)/b17-16-,38-34+. The summed E-state index contributed by atoms with van der Waals surface area (Å²) >= 11 is 0. The average molecular weight is 734 g/mol. The molecule has 2 atom stereocenters. The van der Waals surface area contributed by atoms with Crippen LogP contribution < -0.4 is 5.32 Å². The molecule has 6 nitrogen and oxygen atoms in total. The number of aliphatic hydroxyl groups is 2. The van der Waals surface area contributed by atoms with Crippen molar-refractivity contribution >= 4 is 11.9 Å². The van der Waals surface area contributed by atoms with Gasteiger partial charge in [-0.3, -0.25) is 9.59 Å². The average Bonchev–Trinajstić information content (AvgIpc) is 3.14. The van der Waals surface area contributed by atoms with Crippen molar-refractivity contribution in [3.63, 3.8) is 0 Å². The summed E-state index contributed by atoms with van der Waals surface area (Å²) in [7, 11) is 0. The van der Waals surface area contributed by atoms with Crippen LogP contribution >= 0.6 is 0 Å². The monoisotopic (exact) mass is 734 g/mol. The summed E-state index contributed by atoms with van der Waals surface area (Å²) in [5.41, 5.74) is 0. The van der Waals surface area contributed by atoms with Gasteiger partial charge in [0.1, 0.15) is 0 Å². The molecule has 0 bridgehead atoms. The third-order valence-corrected chi connectivity index (χ3v) is 10.2. The smallest absolute Gasteiger partial charge is 0.305 e. The van der Waals surface area contributed by atoms with E-state index in [4.69, 9.17) is 4.74 Å². The lowest BCUT2D eigenvalue weighted by Gasteiger charge is -2.20. The van der Waals surface area contributed by atoms with Gasteiger partial charge in [-0.05, 0) is 57.8 Å². The molecule has 6 heteroatoms. The number of nitrogens with one attached hydrogen (secondary N) is 1. The number of ether oxygens (including phenoxy) is 1. The minimum absolute atomic E-state index is 0.0296. The molecule has 0 aromatic heterocycles. The summed E-state index contributed by atoms with van der Waals surface area (Å²) in [4.78, 5) is 24.3. The zero-order chi connectivity index (χ0) is 38.0. The van der Waals surface area contributed by atoms with Crippen LogP contribution in [-0.4, -0.2) is 47.4 Å². The van der Waals surface area contributed by atoms with Crippen molar-refractivity contribution in [3.05, 3.63) is 24.3 Å². The van der Waals surface area contributed by atoms with Gasteiger partial charge in [-0.1, -0.05) is 186 Å². The second-order valence-electron chi connectivity index (χ2n) is 15.4. The summed E-state index contributed by atoms with van der Waals surface area (Å²) in [6.45, 7) is 4.80. The van der Waals surface area contributed by atoms with E-state index in [0.29, 0.717) is 19.4 Å². The first-order valence-corrected chi connectivity index (χ1v) is 22.6. The predicted octanol–water partition coefficient (Wildman–Crippen LogP) is 12.8. The third-order valence-electron chi connectivity index (χ3n) is 10.2. The van der Waals surface area contributed by atoms with Crippen molar-refractivity contribution in [1.29, 1.82) is 0 Å². The molecular weight excluding hydrogens is 647 g/mol. The minimum Gasteiger partial charge on any atom is -0.466 e. The maximum absolute atomic E-state index is 12.3. The van der Waals surface area contributed by atoms with Crippen LogP contribution in [0.4, 0.5) is 0 Å². The van der Waals surface area contributed by atoms with Crippen LogP contribution in [0.25, 0.3) is 0 Å². The summed E-state index contributed by atoms with van der Waals surface area (Å²) in [6, 6.07) is -0.642. The van der Waals surface area contributed by atoms with E-state index < -0.39 is 12.1 Å². The maximum atomic E-state index is 12.3. The van der Waals surface area contributed by atoms with Gasteiger partial charge < -0.3 is 20.3 Å². The molecule has 0 radical (unpaired) electrons. The molecule has 0 aliphatic heterocycles. The second kappa shape index (κ2) is 42.1. The van der Waals surface area contributed by atoms with Crippen LogP contribution in [0, 0.1) is 0 Å². The molecule has 2 unspecified atom stereocenters. The molecule has 0 fully saturated rings. The number of carbonyl (C=O) groups is 2. The van der Waals surface area contributed by atoms with Crippen LogP contribution in [0.5, 0.6) is 0 Å². The van der Waals surface area contributed by atoms with Gasteiger partial charge in [-0.25, -0.2) is 0 Å². The molecule has 3 N–H and O–H groups in total. The first-order chi connectivity index (χ1) is 25.5. The molecule has 0 saturated heterocycles. The van der Waals surface area contributed by atoms with Gasteiger partial charge in [0, 0.05) is 12.8 Å². The molecular formula is C46H87NO5. The van der Waals surface area contributed by atoms with Gasteiger partial charge in [0.05, 0.1) is 25.4 Å². The number of hydrogen-bond donors (Lipinski definition) is 3. The maximum Gasteiger partial charge on any atom is 0.305 e. The molecule has 0 spiro atoms. The lowest BCUT2D eigenvalue weighted by molar-refractivity contribution is -0.143. The van der Waals surface area contributed by atoms with E-state index in [1.54, 1.807) is 6.08 Å². The van der Waals surface area contributed by atoms with Crippen molar-refractivity contribution in [1.82, 2.24) is 5.32 Å². The van der Waals surface area contributed by atoms with Gasteiger partial charge in [-0.15, -0.1) is 0 Å². The fourth-order valence-corrected chi connectivity index (χ4v) is 6.68. The van der Waals surface area contributed by atoms with Gasteiger partial charge in [0.15, 0.2) is 0 Å². The van der Waals surface area contributed by atoms with Crippen molar-refractivity contribution in [2.45, 2.75) is 244 Å². The number of allylic oxidation sites excluding steroid dienone is 3. The van der Waals surface area contributed by atoms with Crippen molar-refractivity contribution in [2.75, 3.05) is 13.2 Å². The van der Waals surface area contributed by atoms with Crippen LogP contribution in [0.3, 0.4) is 0 Å². The topological polar surface area (TPSA) is 95.9 Å². The van der Waals surface area contributed by atoms with Crippen LogP contribution in [0.2, 0.25) is 0 Å². The zero-order valence-electron chi connectivity index (χ0n) is 34.5. The number of rotatable bonds is 41. The highest BCUT2D eigenvalue weighted by atomic mass is 16.5. The van der Waals surface area contributed by atoms with Gasteiger partial charge in [0.2, 0.25) is 5.91 Å². The Hall–Kier alpha value is -1.66. The lowest BCUT2D eigenvalue weighted by Crippen LogP contribution is -2.45. The normalized spacial score (nSPS) is 12.9. The first-order valence-electron chi connectivity index (χ1n) is 22.6. The molecule has 0 saturated carbocycles. The molecule has 0 rings (SSSR count). The highest BCUT2D eigenvalue weighted by Gasteiger charge is 2.18. The summed E-state index contributed by atoms with van der Waals surface area (Å²) in [5.74, 6) is -0.124. The quantitative estimate of drug-likeness (QED) is 0.0330. The number of hydrogen-bond acceptors (Lipinski definition) is 5. The molecule has 52 heavy (non-hydrogen) atoms. The molecule has 0 aliphatic carbocycles. The van der Waals surface area contributed by atoms with E-state index in [1.807, 2.05) is 6.08 Å². The fourth-order valence-electron chi connectivity index (χ4n) is 6.68. The van der Waals surface area contributed by atoms with E-state index >= 15 is 0 Å². The first kappa shape index (κ1) is 50.3. The SMILES string of the molecule is CCCCCCCCC/C=C\CCCCCCCC(=O)OCCCCCCCCCCCCC(=O)NC(CO)C(O)/C=C/CCCCCCCCC. The Bertz CT molecular complexity index is 813. The number of aliphatic hydroxyl groups excluding tert-OH is 2. The number of esters is 1. The lowest BCUT2D eigenvalue weighted by atomic mass is 10.1. The van der Waals surface area contributed by atoms with Crippen LogP contribution in [0.15, 0.2) is 24.3 Å². The van der Waals surface area contributed by atoms with E-state index in [1.165, 1.54) is 148 Å². The largest absolute Gasteiger partial charge is 0.466 e. The number of carbonyl (C=O) groups excluding carboxylic acids is 2. The van der Waals surface area contributed by atoms with Gasteiger partial charge in [0.25, 0.3) is 0 Å². The third kappa shape index (κ3) is 38.1. The zero-order valence-corrected chi connectivity index (χ0v) is 34.5. The Morgan fingerprint density at radius 1 is 0.519 bits per heavy atom. The highest BCUT2D eigenvalue weighted by molar-refractivity contribution is 5.76. The van der Waals surface area contributed by atoms with Gasteiger partial charge >= 0.3 is 5.97 Å². The van der Waals surface area contributed by atoms with Gasteiger partial charge in [-0.2, -0.15) is 0 Å². The Balaban J connectivity index is 3.49. The predicted molar refractivity (Wildman–Crippen MR) is 223 cm³/mol. The summed E-state index contributed by atoms with van der Waals surface area (Å²) < 4.78 is 5.44. The second-order valence-corrected chi connectivity index (χ2v) is 15.4. The van der Waals surface area contributed by atoms with E-state index in [0.717, 1.165) is 57.8 Å². The van der Waals surface area contributed by atoms with E-state index in [2.05, 4.69) is 31.3 Å². The van der Waals surface area contributed by atoms with Crippen molar-refractivity contribution < 1.29 is 24.5 Å². The molecule has 0 heterocycles. The van der Waals surface area contributed by atoms with Crippen LogP contribution in [-0.2, 0) is 14.3 Å². The molecule has 1 amide bonds. The van der Waals surface area contributed by atoms with Crippen molar-refractivity contribution in [3.8, 4) is 0 Å². The Kier molecular flexibility index (Phi) is 40.7. The molecule has 306 valence electrons. The van der Waals surface area contributed by atoms with E-state index in [-0.39, 0.29) is 18.5 Å². The van der Waals surface area contributed by atoms with Crippen molar-refractivity contribution in [2.24, 2.45) is 0 Å². The van der Waals surface area contributed by atoms with E-state index in [9.17, 15) is 19.8 Å². The summed E-state index contributed by atoms with van der Waals surface area (Å²) in [5, 5.41) is 22.8. The minimum atomic E-state index is -0.856. The Morgan fingerprint density at radius 3 is 1.37 bits per heavy atom. The highest BCUT2D eigenvalue weighted by Crippen LogP contribution is 2.14. The molecule has 0 aliphatic rings. The number of unbranched alkanes of at least 4 members (excludes halogenated alkanes) is 28. The molecule has 0 aromatic carbocycles. The fraction of sp³-hybridized carbons (Fsp3) is 0.870.